The molecule has 0 atom stereocenters. The number of carbonyl (C=O) groups is 2. The predicted octanol–water partition coefficient (Wildman–Crippen LogP) is 5.15. The van der Waals surface area contributed by atoms with E-state index in [2.05, 4.69) is 20.7 Å². The van der Waals surface area contributed by atoms with E-state index in [1.807, 2.05) is 37.2 Å². The lowest BCUT2D eigenvalue weighted by molar-refractivity contribution is -0.116. The van der Waals surface area contributed by atoms with Crippen molar-refractivity contribution in [3.8, 4) is 22.8 Å². The maximum absolute atomic E-state index is 14.8. The third-order valence-electron chi connectivity index (χ3n) is 5.87. The summed E-state index contributed by atoms with van der Waals surface area (Å²) in [7, 11) is 1.82. The topological polar surface area (TPSA) is 101 Å². The van der Waals surface area contributed by atoms with E-state index in [0.29, 0.717) is 36.6 Å². The highest BCUT2D eigenvalue weighted by molar-refractivity contribution is 6.00. The maximum atomic E-state index is 14.8. The smallest absolute Gasteiger partial charge is 0.323 e. The molecule has 0 aliphatic carbocycles. The van der Waals surface area contributed by atoms with E-state index in [1.54, 1.807) is 41.3 Å². The minimum absolute atomic E-state index is 0.00800. The fourth-order valence-corrected chi connectivity index (χ4v) is 4.14. The number of amides is 2. The molecule has 1 aliphatic rings. The summed E-state index contributed by atoms with van der Waals surface area (Å²) >= 11 is 0. The van der Waals surface area contributed by atoms with E-state index in [1.165, 1.54) is 12.1 Å². The molecule has 0 bridgehead atoms. The van der Waals surface area contributed by atoms with Crippen molar-refractivity contribution in [2.45, 2.75) is 13.3 Å². The highest BCUT2D eigenvalue weighted by Crippen LogP contribution is 2.29. The number of urea groups is 1. The molecule has 188 valence electrons. The molecule has 2 aromatic carbocycles. The van der Waals surface area contributed by atoms with Gasteiger partial charge in [-0.05, 0) is 48.9 Å². The molecular weight excluding hydrogens is 475 g/mol. The van der Waals surface area contributed by atoms with Gasteiger partial charge in [0.2, 0.25) is 0 Å². The van der Waals surface area contributed by atoms with E-state index in [9.17, 15) is 14.0 Å². The minimum atomic E-state index is -0.644. The highest BCUT2D eigenvalue weighted by atomic mass is 19.1. The van der Waals surface area contributed by atoms with Gasteiger partial charge in [0.25, 0.3) is 0 Å². The van der Waals surface area contributed by atoms with Crippen LogP contribution in [0.2, 0.25) is 0 Å². The van der Waals surface area contributed by atoms with Crippen LogP contribution < -0.4 is 20.3 Å². The number of hydrogen-bond donors (Lipinski definition) is 2. The van der Waals surface area contributed by atoms with Crippen molar-refractivity contribution < 1.29 is 18.7 Å². The van der Waals surface area contributed by atoms with Gasteiger partial charge >= 0.3 is 6.03 Å². The molecule has 2 amide bonds. The number of ketones is 1. The molecule has 1 saturated heterocycles. The molecule has 0 radical (unpaired) electrons. The number of ether oxygens (including phenoxy) is 1. The number of nitrogens with one attached hydrogen (secondary N) is 2. The second-order valence-electron chi connectivity index (χ2n) is 8.87. The standard InChI is InChI=1S/C27H25FN6O3/c1-17-9-19(11-20(10-17)34-8-6-21(35)16-34)31-27(36)32-25-4-3-22(12-24(25)28)37-23-5-7-29-26(13-23)18-14-30-33(2)15-18/h3-5,7,9-15H,6,8,16H2,1-2H3,(H2,31,32,36). The van der Waals surface area contributed by atoms with E-state index in [0.717, 1.165) is 16.8 Å². The molecule has 9 nitrogen and oxygen atoms in total. The van der Waals surface area contributed by atoms with Gasteiger partial charge in [-0.1, -0.05) is 0 Å². The summed E-state index contributed by atoms with van der Waals surface area (Å²) < 4.78 is 22.3. The van der Waals surface area contributed by atoms with Gasteiger partial charge in [0.1, 0.15) is 17.3 Å². The van der Waals surface area contributed by atoms with Crippen LogP contribution in [0, 0.1) is 12.7 Å². The zero-order valence-corrected chi connectivity index (χ0v) is 20.4. The van der Waals surface area contributed by atoms with Crippen molar-refractivity contribution in [1.82, 2.24) is 14.8 Å². The molecule has 37 heavy (non-hydrogen) atoms. The fourth-order valence-electron chi connectivity index (χ4n) is 4.14. The van der Waals surface area contributed by atoms with Crippen molar-refractivity contribution in [2.75, 3.05) is 28.6 Å². The van der Waals surface area contributed by atoms with Crippen LogP contribution in [0.5, 0.6) is 11.5 Å². The van der Waals surface area contributed by atoms with Crippen LogP contribution in [0.1, 0.15) is 12.0 Å². The number of nitrogens with zero attached hydrogens (tertiary/aromatic N) is 4. The van der Waals surface area contributed by atoms with Crippen molar-refractivity contribution >= 4 is 28.9 Å². The van der Waals surface area contributed by atoms with Gasteiger partial charge in [-0.15, -0.1) is 0 Å². The SMILES string of the molecule is Cc1cc(NC(=O)Nc2ccc(Oc3ccnc(-c4cnn(C)c4)c3)cc2F)cc(N2CCC(=O)C2)c1. The zero-order valence-electron chi connectivity index (χ0n) is 20.4. The first-order chi connectivity index (χ1) is 17.8. The van der Waals surface area contributed by atoms with Gasteiger partial charge < -0.3 is 20.3 Å². The second kappa shape index (κ2) is 10.1. The quantitative estimate of drug-likeness (QED) is 0.380. The fraction of sp³-hybridized carbons (Fsp3) is 0.185. The summed E-state index contributed by atoms with van der Waals surface area (Å²) in [4.78, 5) is 30.5. The van der Waals surface area contributed by atoms with E-state index in [4.69, 9.17) is 4.74 Å². The molecule has 3 heterocycles. The lowest BCUT2D eigenvalue weighted by Gasteiger charge is -2.19. The first-order valence-electron chi connectivity index (χ1n) is 11.7. The normalized spacial score (nSPS) is 13.1. The van der Waals surface area contributed by atoms with E-state index < -0.39 is 11.8 Å². The number of aromatic nitrogens is 3. The lowest BCUT2D eigenvalue weighted by atomic mass is 10.2. The molecular formula is C27H25FN6O3. The Kier molecular flexibility index (Phi) is 6.55. The molecule has 5 rings (SSSR count). The number of hydrogen-bond acceptors (Lipinski definition) is 6. The zero-order chi connectivity index (χ0) is 25.9. The molecule has 2 aromatic heterocycles. The maximum Gasteiger partial charge on any atom is 0.323 e. The summed E-state index contributed by atoms with van der Waals surface area (Å²) in [6, 6.07) is 12.6. The summed E-state index contributed by atoms with van der Waals surface area (Å²) in [5.41, 5.74) is 3.86. The molecule has 2 N–H and O–H groups in total. The van der Waals surface area contributed by atoms with Crippen LogP contribution in [-0.4, -0.2) is 39.7 Å². The summed E-state index contributed by atoms with van der Waals surface area (Å²) in [5.74, 6) is 0.307. The molecule has 4 aromatic rings. The summed E-state index contributed by atoms with van der Waals surface area (Å²) in [6.45, 7) is 2.92. The number of pyridine rings is 1. The third kappa shape index (κ3) is 5.75. The van der Waals surface area contributed by atoms with Gasteiger partial charge in [-0.3, -0.25) is 14.5 Å². The Hall–Kier alpha value is -4.73. The Morgan fingerprint density at radius 1 is 1.08 bits per heavy atom. The molecule has 1 aliphatic heterocycles. The van der Waals surface area contributed by atoms with Crippen LogP contribution in [0.15, 0.2) is 67.1 Å². The van der Waals surface area contributed by atoms with Gasteiger partial charge in [0.15, 0.2) is 5.78 Å². The Balaban J connectivity index is 1.24. The van der Waals surface area contributed by atoms with E-state index in [-0.39, 0.29) is 17.2 Å². The van der Waals surface area contributed by atoms with Crippen LogP contribution in [0.25, 0.3) is 11.3 Å². The molecule has 10 heteroatoms. The van der Waals surface area contributed by atoms with Gasteiger partial charge in [0, 0.05) is 61.5 Å². The number of rotatable bonds is 6. The number of benzene rings is 2. The number of carbonyl (C=O) groups excluding carboxylic acids is 2. The third-order valence-corrected chi connectivity index (χ3v) is 5.87. The first kappa shape index (κ1) is 24.0. The largest absolute Gasteiger partial charge is 0.457 e. The Morgan fingerprint density at radius 2 is 1.92 bits per heavy atom. The van der Waals surface area contributed by atoms with Crippen molar-refractivity contribution in [2.24, 2.45) is 7.05 Å². The van der Waals surface area contributed by atoms with Crippen molar-refractivity contribution in [1.29, 1.82) is 0 Å². The number of anilines is 3. The Bertz CT molecular complexity index is 1480. The first-order valence-corrected chi connectivity index (χ1v) is 11.7. The molecule has 1 fully saturated rings. The molecule has 0 saturated carbocycles. The molecule has 0 spiro atoms. The van der Waals surface area contributed by atoms with Crippen LogP contribution in [0.4, 0.5) is 26.2 Å². The average molecular weight is 501 g/mol. The summed E-state index contributed by atoms with van der Waals surface area (Å²) in [5, 5.41) is 9.41. The predicted molar refractivity (Wildman–Crippen MR) is 139 cm³/mol. The minimum Gasteiger partial charge on any atom is -0.457 e. The van der Waals surface area contributed by atoms with Crippen molar-refractivity contribution in [3.05, 3.63) is 78.5 Å². The Labute approximate surface area is 212 Å². The van der Waals surface area contributed by atoms with E-state index >= 15 is 0 Å². The summed E-state index contributed by atoms with van der Waals surface area (Å²) in [6.07, 6.45) is 5.65. The van der Waals surface area contributed by atoms with Gasteiger partial charge in [0.05, 0.1) is 24.1 Å². The van der Waals surface area contributed by atoms with Crippen molar-refractivity contribution in [3.63, 3.8) is 0 Å². The van der Waals surface area contributed by atoms with Crippen LogP contribution in [-0.2, 0) is 11.8 Å². The Morgan fingerprint density at radius 3 is 2.65 bits per heavy atom. The van der Waals surface area contributed by atoms with Gasteiger partial charge in [-0.25, -0.2) is 9.18 Å². The van der Waals surface area contributed by atoms with Crippen LogP contribution >= 0.6 is 0 Å². The molecule has 0 unspecified atom stereocenters. The lowest BCUT2D eigenvalue weighted by Crippen LogP contribution is -2.22. The monoisotopic (exact) mass is 500 g/mol. The number of aryl methyl sites for hydroxylation is 2. The second-order valence-corrected chi connectivity index (χ2v) is 8.87. The average Bonchev–Trinajstić information content (AvgIpc) is 3.49. The number of Topliss-reactive ketones (excluding diaryl/α,β-unsaturated/α-hetero) is 1. The van der Waals surface area contributed by atoms with Gasteiger partial charge in [-0.2, -0.15) is 5.10 Å². The number of halogens is 1. The highest BCUT2D eigenvalue weighted by Gasteiger charge is 2.20. The van der Waals surface area contributed by atoms with Crippen LogP contribution in [0.3, 0.4) is 0 Å².